The van der Waals surface area contributed by atoms with E-state index in [0.717, 1.165) is 0 Å². The number of nitrogens with one attached hydrogen (secondary N) is 1. The number of rotatable bonds is 6. The molecule has 0 bridgehead atoms. The second-order valence-electron chi connectivity index (χ2n) is 4.05. The summed E-state index contributed by atoms with van der Waals surface area (Å²) in [6.07, 6.45) is 4.18. The van der Waals surface area contributed by atoms with Crippen LogP contribution in [-0.2, 0) is 19.1 Å². The molecule has 1 aromatic rings. The van der Waals surface area contributed by atoms with Crippen molar-refractivity contribution in [3.8, 4) is 0 Å². The topological polar surface area (TPSA) is 154 Å². The van der Waals surface area contributed by atoms with Gasteiger partial charge in [-0.1, -0.05) is 7.43 Å². The third-order valence-electron chi connectivity index (χ3n) is 2.00. The van der Waals surface area contributed by atoms with Gasteiger partial charge in [0.1, 0.15) is 5.69 Å². The van der Waals surface area contributed by atoms with Crippen molar-refractivity contribution in [1.82, 2.24) is 15.1 Å². The summed E-state index contributed by atoms with van der Waals surface area (Å²) in [6, 6.07) is 1.57. The highest BCUT2D eigenvalue weighted by Gasteiger charge is 2.09. The van der Waals surface area contributed by atoms with Gasteiger partial charge in [0.25, 0.3) is 5.78 Å². The Balaban J connectivity index is -0.000000342. The Morgan fingerprint density at radius 2 is 1.76 bits per heavy atom. The van der Waals surface area contributed by atoms with Crippen molar-refractivity contribution in [3.05, 3.63) is 30.2 Å². The lowest BCUT2D eigenvalue weighted by atomic mass is 10.4. The first kappa shape index (κ1) is 27.1. The van der Waals surface area contributed by atoms with Crippen LogP contribution >= 0.6 is 0 Å². The van der Waals surface area contributed by atoms with Gasteiger partial charge in [-0.25, -0.2) is 9.59 Å². The molecule has 0 aliphatic heterocycles. The fourth-order valence-electron chi connectivity index (χ4n) is 1.07. The number of hydrogen-bond donors (Lipinski definition) is 3. The molecular formula is C15H29N5O5. The molecule has 0 radical (unpaired) electrons. The highest BCUT2D eigenvalue weighted by Crippen LogP contribution is 1.93. The van der Waals surface area contributed by atoms with Gasteiger partial charge < -0.3 is 14.4 Å². The summed E-state index contributed by atoms with van der Waals surface area (Å²) >= 11 is 0. The average molecular weight is 359 g/mol. The van der Waals surface area contributed by atoms with Crippen molar-refractivity contribution in [1.29, 1.82) is 0 Å². The van der Waals surface area contributed by atoms with Crippen LogP contribution in [0.1, 0.15) is 31.8 Å². The number of ether oxygens (including phenoxy) is 2. The van der Waals surface area contributed by atoms with Gasteiger partial charge >= 0.3 is 11.9 Å². The van der Waals surface area contributed by atoms with Crippen molar-refractivity contribution in [2.24, 2.45) is 11.7 Å². The van der Waals surface area contributed by atoms with Crippen LogP contribution in [0, 0.1) is 0 Å². The Bertz CT molecular complexity index is 500. The van der Waals surface area contributed by atoms with Crippen LogP contribution < -0.4 is 11.7 Å². The van der Waals surface area contributed by atoms with E-state index in [1.165, 1.54) is 18.5 Å². The molecule has 1 heterocycles. The summed E-state index contributed by atoms with van der Waals surface area (Å²) in [5.74, 6) is 6.20. The predicted octanol–water partition coefficient (Wildman–Crippen LogP) is 0.235. The molecule has 10 heteroatoms. The van der Waals surface area contributed by atoms with Crippen molar-refractivity contribution >= 4 is 17.7 Å². The number of carbonyl (C=O) groups is 3. The maximum absolute atomic E-state index is 10.8. The summed E-state index contributed by atoms with van der Waals surface area (Å²) < 4.78 is 9.15. The second-order valence-corrected chi connectivity index (χ2v) is 4.05. The zero-order chi connectivity index (χ0) is 19.0. The number of hydrogen-bond acceptors (Lipinski definition) is 9. The van der Waals surface area contributed by atoms with Crippen LogP contribution in [0.15, 0.2) is 24.5 Å². The van der Waals surface area contributed by atoms with Crippen molar-refractivity contribution in [2.45, 2.75) is 21.3 Å². The fraction of sp³-hybridized carbons (Fsp3) is 0.467. The Labute approximate surface area is 148 Å². The van der Waals surface area contributed by atoms with Crippen molar-refractivity contribution < 1.29 is 23.9 Å². The first-order valence-electron chi connectivity index (χ1n) is 6.97. The van der Waals surface area contributed by atoms with E-state index in [-0.39, 0.29) is 20.0 Å². The number of aromatic nitrogens is 2. The smallest absolute Gasteiger partial charge is 0.379 e. The summed E-state index contributed by atoms with van der Waals surface area (Å²) in [5.41, 5.74) is 0.391. The molecule has 0 aliphatic rings. The third-order valence-corrected chi connectivity index (χ3v) is 2.00. The van der Waals surface area contributed by atoms with Crippen LogP contribution in [0.5, 0.6) is 0 Å². The Hall–Kier alpha value is -2.72. The van der Waals surface area contributed by atoms with Gasteiger partial charge in [-0.2, -0.15) is 5.10 Å². The number of nitrogens with two attached hydrogens (primary N) is 2. The maximum Gasteiger partial charge on any atom is 0.379 e. The quantitative estimate of drug-likeness (QED) is 0.213. The van der Waals surface area contributed by atoms with Crippen LogP contribution in [0.4, 0.5) is 0 Å². The van der Waals surface area contributed by atoms with Crippen LogP contribution in [-0.4, -0.2) is 60.1 Å². The molecule has 0 saturated heterocycles. The number of esters is 2. The minimum atomic E-state index is -0.810. The van der Waals surface area contributed by atoms with E-state index in [2.05, 4.69) is 31.4 Å². The van der Waals surface area contributed by atoms with Gasteiger partial charge in [-0.05, 0) is 19.9 Å². The molecule has 25 heavy (non-hydrogen) atoms. The summed E-state index contributed by atoms with van der Waals surface area (Å²) in [7, 11) is 3.52. The van der Waals surface area contributed by atoms with E-state index in [4.69, 9.17) is 0 Å². The van der Waals surface area contributed by atoms with Crippen LogP contribution in [0.2, 0.25) is 0 Å². The monoisotopic (exact) mass is 359 g/mol. The van der Waals surface area contributed by atoms with E-state index in [9.17, 15) is 14.4 Å². The van der Waals surface area contributed by atoms with Crippen LogP contribution in [0.3, 0.4) is 0 Å². The molecule has 0 spiro atoms. The zero-order valence-electron chi connectivity index (χ0n) is 14.3. The highest BCUT2D eigenvalue weighted by atomic mass is 16.5. The van der Waals surface area contributed by atoms with E-state index in [1.807, 2.05) is 0 Å². The number of nitrogens with zero attached hydrogens (tertiary/aromatic N) is 2. The molecule has 0 aliphatic carbocycles. The predicted molar refractivity (Wildman–Crippen MR) is 94.1 cm³/mol. The fourth-order valence-corrected chi connectivity index (χ4v) is 1.07. The number of aromatic amines is 1. The molecule has 1 aromatic heterocycles. The lowest BCUT2D eigenvalue weighted by Gasteiger charge is -2.02. The molecule has 0 fully saturated rings. The molecule has 0 saturated carbocycles. The van der Waals surface area contributed by atoms with Gasteiger partial charge in [-0.15, -0.1) is 0 Å². The van der Waals surface area contributed by atoms with Gasteiger partial charge in [0.15, 0.2) is 0 Å². The third kappa shape index (κ3) is 14.6. The molecule has 5 N–H and O–H groups in total. The number of carbonyl (C=O) groups excluding carboxylic acids is 3. The van der Waals surface area contributed by atoms with E-state index in [1.54, 1.807) is 38.9 Å². The normalized spacial score (nSPS) is 8.72. The van der Waals surface area contributed by atoms with E-state index < -0.39 is 11.8 Å². The van der Waals surface area contributed by atoms with Gasteiger partial charge in [0.2, 0.25) is 0 Å². The van der Waals surface area contributed by atoms with Crippen LogP contribution in [0.25, 0.3) is 0 Å². The van der Waals surface area contributed by atoms with Gasteiger partial charge in [0.05, 0.1) is 13.2 Å². The number of hydrazine groups is 1. The summed E-state index contributed by atoms with van der Waals surface area (Å²) in [4.78, 5) is 34.0. The zero-order valence-corrected chi connectivity index (χ0v) is 14.3. The Morgan fingerprint density at radius 1 is 1.20 bits per heavy atom. The molecule has 144 valence electrons. The summed E-state index contributed by atoms with van der Waals surface area (Å²) in [5, 5.41) is 6.10. The molecule has 10 nitrogen and oxygen atoms in total. The van der Waals surface area contributed by atoms with E-state index >= 15 is 0 Å². The number of ketones is 1. The minimum absolute atomic E-state index is 0. The molecular weight excluding hydrogens is 330 g/mol. The molecule has 0 atom stereocenters. The molecule has 0 aromatic carbocycles. The molecule has 1 rings (SSSR count). The summed E-state index contributed by atoms with van der Waals surface area (Å²) in [6.45, 7) is 4.02. The van der Waals surface area contributed by atoms with Crippen molar-refractivity contribution in [3.63, 3.8) is 0 Å². The lowest BCUT2D eigenvalue weighted by Crippen LogP contribution is -2.15. The standard InChI is InChI=1S/C8H13NO3.C6H8N2O2.CH4.H4N2/c1-4-12-8(11)7(10)5-6-9(2)3;1-2-10-6(9)5-3-4-7-8-5;;1-2/h5-6H,4H2,1-3H3;3-4H,2H2,1H3,(H,7,8);1H4;1-2H2/b6-5+;;;. The van der Waals surface area contributed by atoms with Gasteiger partial charge in [-0.3, -0.25) is 21.6 Å². The van der Waals surface area contributed by atoms with E-state index in [0.29, 0.717) is 12.3 Å². The first-order valence-corrected chi connectivity index (χ1v) is 6.97. The lowest BCUT2D eigenvalue weighted by molar-refractivity contribution is -0.151. The van der Waals surface area contributed by atoms with Crippen molar-refractivity contribution in [2.75, 3.05) is 27.3 Å². The maximum atomic E-state index is 10.8. The minimum Gasteiger partial charge on any atom is -0.461 e. The van der Waals surface area contributed by atoms with Gasteiger partial charge in [0, 0.05) is 32.6 Å². The Morgan fingerprint density at radius 3 is 2.16 bits per heavy atom. The largest absolute Gasteiger partial charge is 0.461 e. The SMILES string of the molecule is C.CCOC(=O)C(=O)/C=C/N(C)C.CCOC(=O)c1ccn[nH]1.NN. The highest BCUT2D eigenvalue weighted by molar-refractivity contribution is 6.38. The first-order chi connectivity index (χ1) is 11.4. The number of H-pyrrole nitrogens is 1. The molecule has 0 unspecified atom stereocenters. The average Bonchev–Trinajstić information content (AvgIpc) is 3.10. The molecule has 0 amide bonds. The Kier molecular flexibility index (Phi) is 19.1. The second kappa shape index (κ2) is 17.6.